The second kappa shape index (κ2) is 7.49. The van der Waals surface area contributed by atoms with Crippen molar-refractivity contribution >= 4 is 0 Å². The van der Waals surface area contributed by atoms with Crippen LogP contribution >= 0.6 is 0 Å². The van der Waals surface area contributed by atoms with Crippen LogP contribution in [-0.2, 0) is 0 Å². The van der Waals surface area contributed by atoms with Gasteiger partial charge in [-0.1, -0.05) is 20.3 Å². The summed E-state index contributed by atoms with van der Waals surface area (Å²) in [6, 6.07) is 0.795. The third kappa shape index (κ3) is 4.24. The van der Waals surface area contributed by atoms with Crippen LogP contribution in [0.4, 0.5) is 0 Å². The molecule has 18 heavy (non-hydrogen) atoms. The number of nitrogens with one attached hydrogen (secondary N) is 1. The van der Waals surface area contributed by atoms with Crippen molar-refractivity contribution in [3.63, 3.8) is 0 Å². The van der Waals surface area contributed by atoms with Gasteiger partial charge in [-0.05, 0) is 70.0 Å². The molecule has 2 fully saturated rings. The van der Waals surface area contributed by atoms with Crippen LogP contribution in [0.2, 0.25) is 0 Å². The first-order valence-corrected chi connectivity index (χ1v) is 8.25. The molecular formula is C16H32N2. The van der Waals surface area contributed by atoms with Crippen molar-refractivity contribution in [2.75, 3.05) is 26.2 Å². The van der Waals surface area contributed by atoms with Gasteiger partial charge in [-0.15, -0.1) is 0 Å². The lowest BCUT2D eigenvalue weighted by Gasteiger charge is -2.39. The van der Waals surface area contributed by atoms with E-state index in [0.29, 0.717) is 0 Å². The highest BCUT2D eigenvalue weighted by atomic mass is 15.1. The minimum atomic E-state index is 0.795. The SMILES string of the molecule is CCCNC1CCC(C)CC1CN1CCCCC1. The molecule has 2 heteroatoms. The van der Waals surface area contributed by atoms with Gasteiger partial charge in [0, 0.05) is 12.6 Å². The normalized spacial score (nSPS) is 34.7. The fourth-order valence-corrected chi connectivity index (χ4v) is 3.77. The lowest BCUT2D eigenvalue weighted by atomic mass is 9.78. The van der Waals surface area contributed by atoms with Crippen LogP contribution in [0.25, 0.3) is 0 Å². The van der Waals surface area contributed by atoms with Crippen LogP contribution in [0.3, 0.4) is 0 Å². The zero-order chi connectivity index (χ0) is 12.8. The second-order valence-electron chi connectivity index (χ2n) is 6.60. The maximum Gasteiger partial charge on any atom is 0.0108 e. The molecule has 1 N–H and O–H groups in total. The Kier molecular flexibility index (Phi) is 5.97. The molecule has 0 aromatic carbocycles. The van der Waals surface area contributed by atoms with Crippen molar-refractivity contribution < 1.29 is 0 Å². The largest absolute Gasteiger partial charge is 0.314 e. The molecule has 1 aliphatic heterocycles. The Morgan fingerprint density at radius 3 is 2.61 bits per heavy atom. The average Bonchev–Trinajstić information content (AvgIpc) is 2.39. The van der Waals surface area contributed by atoms with E-state index in [9.17, 15) is 0 Å². The molecule has 106 valence electrons. The van der Waals surface area contributed by atoms with E-state index in [0.717, 1.165) is 17.9 Å². The summed E-state index contributed by atoms with van der Waals surface area (Å²) in [7, 11) is 0. The van der Waals surface area contributed by atoms with E-state index in [1.54, 1.807) is 0 Å². The molecule has 1 saturated carbocycles. The monoisotopic (exact) mass is 252 g/mol. The standard InChI is InChI=1S/C16H32N2/c1-3-9-17-16-8-7-14(2)12-15(16)13-18-10-5-4-6-11-18/h14-17H,3-13H2,1-2H3. The lowest BCUT2D eigenvalue weighted by Crippen LogP contribution is -2.46. The molecule has 1 saturated heterocycles. The highest BCUT2D eigenvalue weighted by Gasteiger charge is 2.29. The maximum atomic E-state index is 3.80. The van der Waals surface area contributed by atoms with Crippen LogP contribution in [0.15, 0.2) is 0 Å². The van der Waals surface area contributed by atoms with Crippen LogP contribution < -0.4 is 5.32 Å². The topological polar surface area (TPSA) is 15.3 Å². The van der Waals surface area contributed by atoms with Crippen LogP contribution in [0.5, 0.6) is 0 Å². The molecule has 0 spiro atoms. The molecule has 0 radical (unpaired) electrons. The summed E-state index contributed by atoms with van der Waals surface area (Å²) in [4.78, 5) is 2.73. The Morgan fingerprint density at radius 1 is 1.11 bits per heavy atom. The number of hydrogen-bond donors (Lipinski definition) is 1. The summed E-state index contributed by atoms with van der Waals surface area (Å²) in [6.07, 6.45) is 9.84. The van der Waals surface area contributed by atoms with Crippen molar-refractivity contribution in [2.24, 2.45) is 11.8 Å². The van der Waals surface area contributed by atoms with Crippen LogP contribution in [0, 0.1) is 11.8 Å². The van der Waals surface area contributed by atoms with Gasteiger partial charge in [0.05, 0.1) is 0 Å². The highest BCUT2D eigenvalue weighted by molar-refractivity contribution is 4.86. The fourth-order valence-electron chi connectivity index (χ4n) is 3.77. The summed E-state index contributed by atoms with van der Waals surface area (Å²) in [5.74, 6) is 1.85. The van der Waals surface area contributed by atoms with Gasteiger partial charge in [0.15, 0.2) is 0 Å². The number of nitrogens with zero attached hydrogens (tertiary/aromatic N) is 1. The van der Waals surface area contributed by atoms with Gasteiger partial charge in [0.25, 0.3) is 0 Å². The molecule has 0 aromatic heterocycles. The highest BCUT2D eigenvalue weighted by Crippen LogP contribution is 2.30. The third-order valence-electron chi connectivity index (χ3n) is 4.84. The van der Waals surface area contributed by atoms with E-state index in [4.69, 9.17) is 0 Å². The Labute approximate surface area is 114 Å². The van der Waals surface area contributed by atoms with E-state index in [2.05, 4.69) is 24.1 Å². The predicted molar refractivity (Wildman–Crippen MR) is 78.9 cm³/mol. The van der Waals surface area contributed by atoms with Gasteiger partial charge in [0.2, 0.25) is 0 Å². The summed E-state index contributed by atoms with van der Waals surface area (Å²) in [5, 5.41) is 3.80. The number of rotatable bonds is 5. The minimum absolute atomic E-state index is 0.795. The summed E-state index contributed by atoms with van der Waals surface area (Å²) in [5.41, 5.74) is 0. The molecule has 0 bridgehead atoms. The molecule has 0 aromatic rings. The summed E-state index contributed by atoms with van der Waals surface area (Å²) < 4.78 is 0. The molecule has 1 aliphatic carbocycles. The van der Waals surface area contributed by atoms with Gasteiger partial charge in [0.1, 0.15) is 0 Å². The Bertz CT molecular complexity index is 221. The lowest BCUT2D eigenvalue weighted by molar-refractivity contribution is 0.130. The smallest absolute Gasteiger partial charge is 0.0108 e. The molecule has 2 aliphatic rings. The molecule has 1 heterocycles. The Hall–Kier alpha value is -0.0800. The van der Waals surface area contributed by atoms with E-state index >= 15 is 0 Å². The zero-order valence-corrected chi connectivity index (χ0v) is 12.5. The molecule has 3 atom stereocenters. The van der Waals surface area contributed by atoms with Crippen LogP contribution in [0.1, 0.15) is 58.8 Å². The van der Waals surface area contributed by atoms with Crippen LogP contribution in [-0.4, -0.2) is 37.1 Å². The van der Waals surface area contributed by atoms with E-state index in [1.807, 2.05) is 0 Å². The Morgan fingerprint density at radius 2 is 1.89 bits per heavy atom. The number of piperidine rings is 1. The predicted octanol–water partition coefficient (Wildman–Crippen LogP) is 3.28. The minimum Gasteiger partial charge on any atom is -0.314 e. The fraction of sp³-hybridized carbons (Fsp3) is 1.00. The first-order valence-electron chi connectivity index (χ1n) is 8.25. The van der Waals surface area contributed by atoms with Gasteiger partial charge in [-0.2, -0.15) is 0 Å². The Balaban J connectivity index is 1.83. The number of hydrogen-bond acceptors (Lipinski definition) is 2. The van der Waals surface area contributed by atoms with Gasteiger partial charge in [-0.3, -0.25) is 0 Å². The molecule has 3 unspecified atom stereocenters. The molecule has 0 amide bonds. The van der Waals surface area contributed by atoms with Crippen molar-refractivity contribution in [2.45, 2.75) is 64.8 Å². The maximum absolute atomic E-state index is 3.80. The van der Waals surface area contributed by atoms with E-state index in [-0.39, 0.29) is 0 Å². The molecule has 2 rings (SSSR count). The van der Waals surface area contributed by atoms with Crippen molar-refractivity contribution in [1.29, 1.82) is 0 Å². The first kappa shape index (κ1) is 14.3. The second-order valence-corrected chi connectivity index (χ2v) is 6.60. The molecule has 2 nitrogen and oxygen atoms in total. The third-order valence-corrected chi connectivity index (χ3v) is 4.84. The summed E-state index contributed by atoms with van der Waals surface area (Å²) >= 11 is 0. The van der Waals surface area contributed by atoms with E-state index in [1.165, 1.54) is 71.1 Å². The van der Waals surface area contributed by atoms with Gasteiger partial charge in [-0.25, -0.2) is 0 Å². The van der Waals surface area contributed by atoms with E-state index < -0.39 is 0 Å². The quantitative estimate of drug-likeness (QED) is 0.808. The van der Waals surface area contributed by atoms with Crippen molar-refractivity contribution in [1.82, 2.24) is 10.2 Å². The average molecular weight is 252 g/mol. The van der Waals surface area contributed by atoms with Gasteiger partial charge < -0.3 is 10.2 Å². The zero-order valence-electron chi connectivity index (χ0n) is 12.5. The summed E-state index contributed by atoms with van der Waals surface area (Å²) in [6.45, 7) is 9.98. The van der Waals surface area contributed by atoms with Crippen molar-refractivity contribution in [3.8, 4) is 0 Å². The number of likely N-dealkylation sites (tertiary alicyclic amines) is 1. The van der Waals surface area contributed by atoms with Gasteiger partial charge >= 0.3 is 0 Å². The van der Waals surface area contributed by atoms with Crippen molar-refractivity contribution in [3.05, 3.63) is 0 Å². The first-order chi connectivity index (χ1) is 8.79. The molecular weight excluding hydrogens is 220 g/mol.